The monoisotopic (exact) mass is 364 g/mol. The van der Waals surface area contributed by atoms with Crippen molar-refractivity contribution in [2.24, 2.45) is 0 Å². The molecule has 0 atom stereocenters. The Kier molecular flexibility index (Phi) is 7.15. The minimum Gasteiger partial charge on any atom is -0.494 e. The maximum atomic E-state index is 12.3. The number of methoxy groups -OCH3 is 1. The highest BCUT2D eigenvalue weighted by Gasteiger charge is 2.11. The van der Waals surface area contributed by atoms with Crippen LogP contribution in [0.1, 0.15) is 29.3 Å². The van der Waals surface area contributed by atoms with Crippen molar-refractivity contribution in [2.75, 3.05) is 19.0 Å². The van der Waals surface area contributed by atoms with Gasteiger partial charge in [-0.05, 0) is 54.5 Å². The number of nitrogens with one attached hydrogen (secondary N) is 1. The number of esters is 1. The minimum absolute atomic E-state index is 0.0331. The molecule has 2 aromatic carbocycles. The topological polar surface area (TPSA) is 88.4 Å². The Morgan fingerprint density at radius 2 is 1.78 bits per heavy atom. The van der Waals surface area contributed by atoms with Gasteiger partial charge in [-0.3, -0.25) is 4.79 Å². The lowest BCUT2D eigenvalue weighted by molar-refractivity contribution is -0.112. The molecule has 6 nitrogen and oxygen atoms in total. The molecule has 1 N–H and O–H groups in total. The SMILES string of the molecule is CCCOc1ccc(/C=C(\C#N)C(=O)Nc2ccc(C(=O)OC)cc2)cc1. The molecule has 0 heterocycles. The summed E-state index contributed by atoms with van der Waals surface area (Å²) in [5.74, 6) is -0.255. The molecule has 0 aromatic heterocycles. The molecule has 0 saturated carbocycles. The van der Waals surface area contributed by atoms with Crippen LogP contribution in [0.5, 0.6) is 5.75 Å². The highest BCUT2D eigenvalue weighted by Crippen LogP contribution is 2.16. The van der Waals surface area contributed by atoms with Gasteiger partial charge in [-0.1, -0.05) is 19.1 Å². The lowest BCUT2D eigenvalue weighted by Crippen LogP contribution is -2.13. The van der Waals surface area contributed by atoms with E-state index < -0.39 is 11.9 Å². The Morgan fingerprint density at radius 3 is 2.33 bits per heavy atom. The van der Waals surface area contributed by atoms with Crippen molar-refractivity contribution >= 4 is 23.6 Å². The van der Waals surface area contributed by atoms with Crippen molar-refractivity contribution in [3.8, 4) is 11.8 Å². The number of anilines is 1. The van der Waals surface area contributed by atoms with E-state index in [1.165, 1.54) is 25.3 Å². The van der Waals surface area contributed by atoms with Gasteiger partial charge < -0.3 is 14.8 Å². The van der Waals surface area contributed by atoms with E-state index in [9.17, 15) is 14.9 Å². The van der Waals surface area contributed by atoms with Crippen molar-refractivity contribution < 1.29 is 19.1 Å². The zero-order valence-electron chi connectivity index (χ0n) is 15.2. The Morgan fingerprint density at radius 1 is 1.11 bits per heavy atom. The first kappa shape index (κ1) is 19.7. The summed E-state index contributed by atoms with van der Waals surface area (Å²) in [6.45, 7) is 2.66. The highest BCUT2D eigenvalue weighted by molar-refractivity contribution is 6.09. The second kappa shape index (κ2) is 9.78. The molecule has 0 radical (unpaired) electrons. The molecule has 0 fully saturated rings. The summed E-state index contributed by atoms with van der Waals surface area (Å²) in [5, 5.41) is 11.9. The zero-order valence-corrected chi connectivity index (χ0v) is 15.2. The molecule has 0 saturated heterocycles. The molecule has 0 spiro atoms. The lowest BCUT2D eigenvalue weighted by Gasteiger charge is -2.06. The first-order valence-electron chi connectivity index (χ1n) is 8.41. The van der Waals surface area contributed by atoms with Crippen molar-refractivity contribution in [1.29, 1.82) is 5.26 Å². The van der Waals surface area contributed by atoms with Crippen LogP contribution >= 0.6 is 0 Å². The largest absolute Gasteiger partial charge is 0.494 e. The number of nitrogens with zero attached hydrogens (tertiary/aromatic N) is 1. The third-order valence-electron chi connectivity index (χ3n) is 3.59. The zero-order chi connectivity index (χ0) is 19.6. The van der Waals surface area contributed by atoms with Gasteiger partial charge in [-0.25, -0.2) is 4.79 Å². The smallest absolute Gasteiger partial charge is 0.337 e. The van der Waals surface area contributed by atoms with Gasteiger partial charge in [0.2, 0.25) is 0 Å². The summed E-state index contributed by atoms with van der Waals surface area (Å²) in [5.41, 5.74) is 1.52. The second-order valence-corrected chi connectivity index (χ2v) is 5.61. The predicted molar refractivity (Wildman–Crippen MR) is 102 cm³/mol. The number of amides is 1. The molecule has 0 aliphatic carbocycles. The Bertz CT molecular complexity index is 863. The maximum Gasteiger partial charge on any atom is 0.337 e. The highest BCUT2D eigenvalue weighted by atomic mass is 16.5. The molecule has 0 bridgehead atoms. The van der Waals surface area contributed by atoms with Gasteiger partial charge in [0.1, 0.15) is 17.4 Å². The molecule has 1 amide bonds. The fourth-order valence-corrected chi connectivity index (χ4v) is 2.20. The van der Waals surface area contributed by atoms with Crippen LogP contribution in [0, 0.1) is 11.3 Å². The molecule has 2 rings (SSSR count). The number of hydrogen-bond acceptors (Lipinski definition) is 5. The molecular weight excluding hydrogens is 344 g/mol. The molecule has 6 heteroatoms. The average molecular weight is 364 g/mol. The van der Waals surface area contributed by atoms with E-state index in [1.807, 2.05) is 13.0 Å². The maximum absolute atomic E-state index is 12.3. The number of carbonyl (C=O) groups excluding carboxylic acids is 2. The fraction of sp³-hybridized carbons (Fsp3) is 0.190. The quantitative estimate of drug-likeness (QED) is 0.458. The molecule has 0 unspecified atom stereocenters. The van der Waals surface area contributed by atoms with E-state index >= 15 is 0 Å². The van der Waals surface area contributed by atoms with Gasteiger partial charge in [-0.2, -0.15) is 5.26 Å². The van der Waals surface area contributed by atoms with Crippen molar-refractivity contribution in [2.45, 2.75) is 13.3 Å². The van der Waals surface area contributed by atoms with Crippen molar-refractivity contribution in [3.05, 3.63) is 65.2 Å². The number of carbonyl (C=O) groups is 2. The Balaban J connectivity index is 2.07. The van der Waals surface area contributed by atoms with Crippen LogP contribution in [-0.4, -0.2) is 25.6 Å². The van der Waals surface area contributed by atoms with Gasteiger partial charge in [0.15, 0.2) is 0 Å². The molecule has 0 aliphatic heterocycles. The van der Waals surface area contributed by atoms with Crippen LogP contribution in [0.25, 0.3) is 6.08 Å². The van der Waals surface area contributed by atoms with Gasteiger partial charge in [0.05, 0.1) is 19.3 Å². The number of hydrogen-bond donors (Lipinski definition) is 1. The van der Waals surface area contributed by atoms with Crippen LogP contribution in [0.3, 0.4) is 0 Å². The summed E-state index contributed by atoms with van der Waals surface area (Å²) >= 11 is 0. The van der Waals surface area contributed by atoms with E-state index in [1.54, 1.807) is 36.4 Å². The number of ether oxygens (including phenoxy) is 2. The van der Waals surface area contributed by atoms with E-state index in [4.69, 9.17) is 4.74 Å². The fourth-order valence-electron chi connectivity index (χ4n) is 2.20. The number of rotatable bonds is 7. The third-order valence-corrected chi connectivity index (χ3v) is 3.59. The van der Waals surface area contributed by atoms with Crippen LogP contribution in [0.2, 0.25) is 0 Å². The van der Waals surface area contributed by atoms with E-state index in [-0.39, 0.29) is 5.57 Å². The second-order valence-electron chi connectivity index (χ2n) is 5.61. The molecule has 27 heavy (non-hydrogen) atoms. The van der Waals surface area contributed by atoms with E-state index in [2.05, 4.69) is 10.1 Å². The summed E-state index contributed by atoms with van der Waals surface area (Å²) in [4.78, 5) is 23.7. The van der Waals surface area contributed by atoms with Crippen LogP contribution in [0.4, 0.5) is 5.69 Å². The lowest BCUT2D eigenvalue weighted by atomic mass is 10.1. The molecule has 138 valence electrons. The first-order chi connectivity index (χ1) is 13.1. The van der Waals surface area contributed by atoms with Crippen molar-refractivity contribution in [1.82, 2.24) is 0 Å². The summed E-state index contributed by atoms with van der Waals surface area (Å²) < 4.78 is 10.1. The normalized spacial score (nSPS) is 10.6. The van der Waals surface area contributed by atoms with Crippen LogP contribution in [-0.2, 0) is 9.53 Å². The van der Waals surface area contributed by atoms with Gasteiger partial charge in [0.25, 0.3) is 5.91 Å². The first-order valence-corrected chi connectivity index (χ1v) is 8.41. The Hall–Kier alpha value is -3.59. The molecular formula is C21H20N2O4. The standard InChI is InChI=1S/C21H20N2O4/c1-3-12-27-19-10-4-15(5-11-19)13-17(14-22)20(24)23-18-8-6-16(7-9-18)21(25)26-2/h4-11,13H,3,12H2,1-2H3,(H,23,24)/b17-13+. The summed E-state index contributed by atoms with van der Waals surface area (Å²) in [7, 11) is 1.30. The van der Waals surface area contributed by atoms with Gasteiger partial charge in [0, 0.05) is 5.69 Å². The summed E-state index contributed by atoms with van der Waals surface area (Å²) in [6.07, 6.45) is 2.42. The average Bonchev–Trinajstić information content (AvgIpc) is 2.71. The number of benzene rings is 2. The number of nitriles is 1. The van der Waals surface area contributed by atoms with Gasteiger partial charge >= 0.3 is 5.97 Å². The van der Waals surface area contributed by atoms with E-state index in [0.29, 0.717) is 23.4 Å². The molecule has 0 aliphatic rings. The molecule has 2 aromatic rings. The van der Waals surface area contributed by atoms with E-state index in [0.717, 1.165) is 12.2 Å². The van der Waals surface area contributed by atoms with Crippen LogP contribution in [0.15, 0.2) is 54.1 Å². The predicted octanol–water partition coefficient (Wildman–Crippen LogP) is 3.81. The third kappa shape index (κ3) is 5.72. The van der Waals surface area contributed by atoms with Gasteiger partial charge in [-0.15, -0.1) is 0 Å². The Labute approximate surface area is 158 Å². The van der Waals surface area contributed by atoms with Crippen molar-refractivity contribution in [3.63, 3.8) is 0 Å². The minimum atomic E-state index is -0.533. The van der Waals surface area contributed by atoms with Crippen LogP contribution < -0.4 is 10.1 Å². The summed E-state index contributed by atoms with van der Waals surface area (Å²) in [6, 6.07) is 15.2.